The molecule has 4 rings (SSSR count). The third kappa shape index (κ3) is 5.44. The van der Waals surface area contributed by atoms with E-state index in [1.807, 2.05) is 9.47 Å². The molecule has 2 N–H and O–H groups in total. The third-order valence-electron chi connectivity index (χ3n) is 6.29. The minimum Gasteiger partial charge on any atom is -0.385 e. The number of fused-ring (bicyclic) bond motifs is 1. The van der Waals surface area contributed by atoms with Gasteiger partial charge in [0.05, 0.1) is 11.0 Å². The van der Waals surface area contributed by atoms with Crippen molar-refractivity contribution in [3.63, 3.8) is 0 Å². The summed E-state index contributed by atoms with van der Waals surface area (Å²) in [4.78, 5) is 24.9. The second-order valence-electron chi connectivity index (χ2n) is 9.39. The fourth-order valence-electron chi connectivity index (χ4n) is 4.71. The quantitative estimate of drug-likeness (QED) is 0.441. The molecule has 2 atom stereocenters. The first-order valence-corrected chi connectivity index (χ1v) is 12.0. The highest BCUT2D eigenvalue weighted by Gasteiger charge is 2.34. The number of aryl methyl sites for hydroxylation is 1. The van der Waals surface area contributed by atoms with Crippen molar-refractivity contribution in [2.45, 2.75) is 51.6 Å². The van der Waals surface area contributed by atoms with Gasteiger partial charge < -0.3 is 19.5 Å². The van der Waals surface area contributed by atoms with Gasteiger partial charge in [-0.15, -0.1) is 0 Å². The zero-order valence-electron chi connectivity index (χ0n) is 20.1. The second-order valence-corrected chi connectivity index (χ2v) is 9.39. The molecule has 1 aliphatic rings. The predicted molar refractivity (Wildman–Crippen MR) is 127 cm³/mol. The Morgan fingerprint density at radius 1 is 1.32 bits per heavy atom. The number of benzene rings is 1. The van der Waals surface area contributed by atoms with E-state index in [4.69, 9.17) is 4.74 Å². The molecule has 0 radical (unpaired) electrons. The average Bonchev–Trinajstić information content (AvgIpc) is 3.48. The molecule has 1 aliphatic heterocycles. The Balaban J connectivity index is 1.64. The summed E-state index contributed by atoms with van der Waals surface area (Å²) in [5, 5.41) is 10.4. The molecular weight excluding hydrogens is 437 g/mol. The number of nitrogens with one attached hydrogen (secondary N) is 2. The summed E-state index contributed by atoms with van der Waals surface area (Å²) in [6.45, 7) is 7.57. The van der Waals surface area contributed by atoms with Crippen LogP contribution >= 0.6 is 0 Å². The number of methoxy groups -OCH3 is 1. The van der Waals surface area contributed by atoms with Crippen LogP contribution in [0.2, 0.25) is 0 Å². The molecule has 0 aliphatic carbocycles. The van der Waals surface area contributed by atoms with Crippen LogP contribution in [0.1, 0.15) is 55.5 Å². The Bertz CT molecular complexity index is 1080. The largest absolute Gasteiger partial charge is 0.385 e. The maximum absolute atomic E-state index is 14.0. The van der Waals surface area contributed by atoms with Crippen molar-refractivity contribution in [3.05, 3.63) is 42.0 Å². The molecule has 184 valence electrons. The Morgan fingerprint density at radius 2 is 2.18 bits per heavy atom. The summed E-state index contributed by atoms with van der Waals surface area (Å²) in [5.74, 6) is 1.13. The standard InChI is InChI=1S/C24H34FN7O2/c1-16(2)14-32(19-10-17(12-26-13-19)22-27-15-28-30-22)24(33)23-29-20-11-18(25)6-7-21(20)31(23)8-4-5-9-34-3/h6-7,11,15-17,19,26H,4-5,8-10,12-14H2,1-3H3,(H,27,28,30). The van der Waals surface area contributed by atoms with Crippen LogP contribution in [0.3, 0.4) is 0 Å². The fourth-order valence-corrected chi connectivity index (χ4v) is 4.71. The van der Waals surface area contributed by atoms with Gasteiger partial charge in [0.1, 0.15) is 18.0 Å². The van der Waals surface area contributed by atoms with Crippen molar-refractivity contribution in [2.24, 2.45) is 5.92 Å². The number of hydrogen-bond donors (Lipinski definition) is 2. The smallest absolute Gasteiger partial charge is 0.290 e. The maximum Gasteiger partial charge on any atom is 0.290 e. The Hall–Kier alpha value is -2.85. The van der Waals surface area contributed by atoms with Gasteiger partial charge in [-0.25, -0.2) is 14.4 Å². The number of amides is 1. The number of ether oxygens (including phenoxy) is 1. The van der Waals surface area contributed by atoms with Crippen molar-refractivity contribution < 1.29 is 13.9 Å². The average molecular weight is 472 g/mol. The summed E-state index contributed by atoms with van der Waals surface area (Å²) >= 11 is 0. The molecule has 9 nitrogen and oxygen atoms in total. The van der Waals surface area contributed by atoms with Gasteiger partial charge in [0.15, 0.2) is 5.82 Å². The Labute approximate surface area is 199 Å². The molecule has 0 saturated carbocycles. The highest BCUT2D eigenvalue weighted by Crippen LogP contribution is 2.26. The molecule has 1 amide bonds. The van der Waals surface area contributed by atoms with Gasteiger partial charge in [0.25, 0.3) is 5.91 Å². The topological polar surface area (TPSA) is 101 Å². The van der Waals surface area contributed by atoms with Crippen LogP contribution in [-0.4, -0.2) is 74.9 Å². The molecule has 0 spiro atoms. The monoisotopic (exact) mass is 471 g/mol. The van der Waals surface area contributed by atoms with Gasteiger partial charge in [-0.3, -0.25) is 9.89 Å². The Morgan fingerprint density at radius 3 is 2.91 bits per heavy atom. The van der Waals surface area contributed by atoms with Crippen LogP contribution in [0, 0.1) is 11.7 Å². The summed E-state index contributed by atoms with van der Waals surface area (Å²) in [5.41, 5.74) is 1.27. The number of imidazole rings is 1. The molecule has 3 heterocycles. The van der Waals surface area contributed by atoms with Crippen molar-refractivity contribution in [3.8, 4) is 0 Å². The number of nitrogens with zero attached hydrogens (tertiary/aromatic N) is 5. The van der Waals surface area contributed by atoms with Gasteiger partial charge in [-0.2, -0.15) is 5.10 Å². The number of carbonyl (C=O) groups is 1. The lowest BCUT2D eigenvalue weighted by atomic mass is 9.93. The van der Waals surface area contributed by atoms with Crippen molar-refractivity contribution >= 4 is 16.9 Å². The van der Waals surface area contributed by atoms with E-state index in [9.17, 15) is 9.18 Å². The summed E-state index contributed by atoms with van der Waals surface area (Å²) in [6.07, 6.45) is 4.00. The number of piperidine rings is 1. The number of halogens is 1. The van der Waals surface area contributed by atoms with E-state index in [1.54, 1.807) is 13.2 Å². The van der Waals surface area contributed by atoms with Gasteiger partial charge in [0.2, 0.25) is 0 Å². The number of unbranched alkanes of at least 4 members (excludes halogenated alkanes) is 1. The molecule has 34 heavy (non-hydrogen) atoms. The number of carbonyl (C=O) groups excluding carboxylic acids is 1. The van der Waals surface area contributed by atoms with Crippen LogP contribution in [0.15, 0.2) is 24.5 Å². The lowest BCUT2D eigenvalue weighted by molar-refractivity contribution is 0.0590. The first-order chi connectivity index (χ1) is 16.5. The highest BCUT2D eigenvalue weighted by atomic mass is 19.1. The van der Waals surface area contributed by atoms with E-state index in [0.717, 1.165) is 37.1 Å². The van der Waals surface area contributed by atoms with Crippen molar-refractivity contribution in [1.82, 2.24) is 34.9 Å². The lowest BCUT2D eigenvalue weighted by Crippen LogP contribution is -2.52. The summed E-state index contributed by atoms with van der Waals surface area (Å²) in [6, 6.07) is 4.51. The molecular formula is C24H34FN7O2. The molecule has 0 bridgehead atoms. The van der Waals surface area contributed by atoms with E-state index in [1.165, 1.54) is 18.5 Å². The Kier molecular flexibility index (Phi) is 7.89. The minimum absolute atomic E-state index is 0.0164. The zero-order chi connectivity index (χ0) is 24.1. The molecule has 3 aromatic rings. The SMILES string of the molecule is COCCCCn1c(C(=O)N(CC(C)C)C2CNCC(c3ncn[nH]3)C2)nc2cc(F)ccc21. The third-order valence-corrected chi connectivity index (χ3v) is 6.29. The predicted octanol–water partition coefficient (Wildman–Crippen LogP) is 2.96. The highest BCUT2D eigenvalue weighted by molar-refractivity contribution is 5.95. The maximum atomic E-state index is 14.0. The van der Waals surface area contributed by atoms with Gasteiger partial charge in [0, 0.05) is 57.9 Å². The first kappa shape index (κ1) is 24.3. The van der Waals surface area contributed by atoms with Crippen LogP contribution in [-0.2, 0) is 11.3 Å². The van der Waals surface area contributed by atoms with E-state index in [-0.39, 0.29) is 29.6 Å². The van der Waals surface area contributed by atoms with Crippen LogP contribution in [0.4, 0.5) is 4.39 Å². The van der Waals surface area contributed by atoms with Gasteiger partial charge in [-0.1, -0.05) is 13.8 Å². The van der Waals surface area contributed by atoms with Crippen molar-refractivity contribution in [1.29, 1.82) is 0 Å². The minimum atomic E-state index is -0.360. The van der Waals surface area contributed by atoms with Gasteiger partial charge >= 0.3 is 0 Å². The molecule has 2 unspecified atom stereocenters. The normalized spacial score (nSPS) is 18.6. The number of rotatable bonds is 10. The van der Waals surface area contributed by atoms with Crippen LogP contribution in [0.25, 0.3) is 11.0 Å². The zero-order valence-corrected chi connectivity index (χ0v) is 20.1. The number of aromatic nitrogens is 5. The first-order valence-electron chi connectivity index (χ1n) is 12.0. The fraction of sp³-hybridized carbons (Fsp3) is 0.583. The summed E-state index contributed by atoms with van der Waals surface area (Å²) < 4.78 is 21.1. The molecule has 1 saturated heterocycles. The molecule has 2 aromatic heterocycles. The van der Waals surface area contributed by atoms with Crippen molar-refractivity contribution in [2.75, 3.05) is 33.4 Å². The summed E-state index contributed by atoms with van der Waals surface area (Å²) in [7, 11) is 1.68. The second kappa shape index (κ2) is 11.1. The van der Waals surface area contributed by atoms with Crippen LogP contribution in [0.5, 0.6) is 0 Å². The lowest BCUT2D eigenvalue weighted by Gasteiger charge is -2.38. The van der Waals surface area contributed by atoms with E-state index < -0.39 is 0 Å². The van der Waals surface area contributed by atoms with E-state index in [0.29, 0.717) is 37.6 Å². The van der Waals surface area contributed by atoms with Gasteiger partial charge in [-0.05, 0) is 37.3 Å². The number of aromatic amines is 1. The number of H-pyrrole nitrogens is 1. The number of hydrogen-bond acceptors (Lipinski definition) is 6. The molecule has 1 aromatic carbocycles. The van der Waals surface area contributed by atoms with Crippen LogP contribution < -0.4 is 5.32 Å². The molecule has 10 heteroatoms. The molecule has 1 fully saturated rings. The van der Waals surface area contributed by atoms with E-state index in [2.05, 4.69) is 39.3 Å². The van der Waals surface area contributed by atoms with E-state index >= 15 is 0 Å².